The maximum absolute atomic E-state index is 13.4. The van der Waals surface area contributed by atoms with Crippen molar-refractivity contribution in [3.63, 3.8) is 0 Å². The van der Waals surface area contributed by atoms with E-state index in [4.69, 9.17) is 10.8 Å². The van der Waals surface area contributed by atoms with Crippen LogP contribution in [0.15, 0.2) is 18.2 Å². The average Bonchev–Trinajstić information content (AvgIpc) is 2.21. The van der Waals surface area contributed by atoms with Gasteiger partial charge in [0.2, 0.25) is 0 Å². The summed E-state index contributed by atoms with van der Waals surface area (Å²) in [7, 11) is 0. The molecule has 0 radical (unpaired) electrons. The van der Waals surface area contributed by atoms with Gasteiger partial charge in [-0.1, -0.05) is 12.1 Å². The third kappa shape index (κ3) is 2.60. The molecule has 0 aliphatic heterocycles. The SMILES string of the molecule is N[C@@H](Cc1cccc(C=O)c1[18F])C(=O)O. The molecule has 5 heteroatoms. The van der Waals surface area contributed by atoms with Crippen LogP contribution in [-0.4, -0.2) is 23.4 Å². The minimum Gasteiger partial charge on any atom is -0.480 e. The molecule has 1 atom stereocenters. The fraction of sp³-hybridized carbons (Fsp3) is 0.200. The van der Waals surface area contributed by atoms with E-state index >= 15 is 0 Å². The van der Waals surface area contributed by atoms with Gasteiger partial charge in [-0.2, -0.15) is 0 Å². The van der Waals surface area contributed by atoms with E-state index in [1.54, 1.807) is 0 Å². The van der Waals surface area contributed by atoms with Gasteiger partial charge in [0, 0.05) is 6.42 Å². The summed E-state index contributed by atoms with van der Waals surface area (Å²) in [5.41, 5.74) is 5.30. The number of hydrogen-bond acceptors (Lipinski definition) is 3. The topological polar surface area (TPSA) is 80.4 Å². The number of carbonyl (C=O) groups excluding carboxylic acids is 1. The first-order valence-corrected chi connectivity index (χ1v) is 4.27. The lowest BCUT2D eigenvalue weighted by Crippen LogP contribution is -2.32. The molecule has 1 aromatic rings. The van der Waals surface area contributed by atoms with E-state index in [0.717, 1.165) is 0 Å². The van der Waals surface area contributed by atoms with Gasteiger partial charge in [-0.3, -0.25) is 9.59 Å². The molecule has 0 saturated heterocycles. The van der Waals surface area contributed by atoms with Crippen molar-refractivity contribution in [2.75, 3.05) is 0 Å². The van der Waals surface area contributed by atoms with Crippen LogP contribution >= 0.6 is 0 Å². The Hall–Kier alpha value is -1.75. The molecule has 0 amide bonds. The third-order valence-electron chi connectivity index (χ3n) is 1.99. The van der Waals surface area contributed by atoms with Gasteiger partial charge >= 0.3 is 5.97 Å². The lowest BCUT2D eigenvalue weighted by molar-refractivity contribution is -0.138. The summed E-state index contributed by atoms with van der Waals surface area (Å²) in [6, 6.07) is 3.04. The standard InChI is InChI=1S/C10H10FNO3/c11-9-6(4-8(12)10(14)15)2-1-3-7(9)5-13/h1-3,5,8H,4,12H2,(H,14,15)/t8-/m0/s1/i11-1. The second kappa shape index (κ2) is 4.65. The number of halogens is 1. The number of carboxylic acids is 1. The van der Waals surface area contributed by atoms with E-state index in [1.807, 2.05) is 0 Å². The predicted molar refractivity (Wildman–Crippen MR) is 51.1 cm³/mol. The fourth-order valence-electron chi connectivity index (χ4n) is 1.17. The summed E-state index contributed by atoms with van der Waals surface area (Å²) in [5, 5.41) is 8.54. The molecule has 0 aliphatic carbocycles. The van der Waals surface area contributed by atoms with Gasteiger partial charge in [-0.25, -0.2) is 4.39 Å². The predicted octanol–water partition coefficient (Wildman–Crippen LogP) is 0.593. The number of aliphatic carboxylic acids is 1. The highest BCUT2D eigenvalue weighted by Gasteiger charge is 2.15. The monoisotopic (exact) mass is 210 g/mol. The number of nitrogens with two attached hydrogens (primary N) is 1. The normalized spacial score (nSPS) is 12.1. The Morgan fingerprint density at radius 1 is 1.60 bits per heavy atom. The fourth-order valence-corrected chi connectivity index (χ4v) is 1.17. The molecule has 0 heterocycles. The van der Waals surface area contributed by atoms with Crippen LogP contribution in [0.4, 0.5) is 4.39 Å². The summed E-state index contributed by atoms with van der Waals surface area (Å²) in [5.74, 6) is -1.91. The Kier molecular flexibility index (Phi) is 3.51. The number of hydrogen-bond donors (Lipinski definition) is 2. The molecule has 0 fully saturated rings. The van der Waals surface area contributed by atoms with Crippen molar-refractivity contribution < 1.29 is 19.1 Å². The van der Waals surface area contributed by atoms with E-state index in [-0.39, 0.29) is 17.5 Å². The molecular weight excluding hydrogens is 200 g/mol. The number of carboxylic acid groups (broad SMARTS) is 1. The van der Waals surface area contributed by atoms with E-state index in [9.17, 15) is 14.0 Å². The third-order valence-corrected chi connectivity index (χ3v) is 1.99. The molecular formula is C10H10FNO3. The summed E-state index contributed by atoms with van der Waals surface area (Å²) in [6.45, 7) is 0. The maximum atomic E-state index is 13.4. The van der Waals surface area contributed by atoms with Crippen molar-refractivity contribution in [3.8, 4) is 0 Å². The summed E-state index contributed by atoms with van der Waals surface area (Å²) < 4.78 is 13.4. The summed E-state index contributed by atoms with van der Waals surface area (Å²) >= 11 is 0. The van der Waals surface area contributed by atoms with Crippen LogP contribution in [0.25, 0.3) is 0 Å². The molecule has 0 bridgehead atoms. The van der Waals surface area contributed by atoms with E-state index in [1.165, 1.54) is 18.2 Å². The Balaban J connectivity index is 2.95. The summed E-state index contributed by atoms with van der Waals surface area (Å²) in [6.07, 6.45) is 0.244. The molecule has 0 saturated carbocycles. The highest BCUT2D eigenvalue weighted by Crippen LogP contribution is 2.12. The van der Waals surface area contributed by atoms with E-state index < -0.39 is 17.8 Å². The van der Waals surface area contributed by atoms with Crippen LogP contribution in [0.3, 0.4) is 0 Å². The highest BCUT2D eigenvalue weighted by molar-refractivity contribution is 5.76. The highest BCUT2D eigenvalue weighted by atomic mass is 18.2. The molecule has 15 heavy (non-hydrogen) atoms. The van der Waals surface area contributed by atoms with Crippen molar-refractivity contribution in [2.45, 2.75) is 12.5 Å². The second-order valence-corrected chi connectivity index (χ2v) is 3.09. The van der Waals surface area contributed by atoms with Gasteiger partial charge < -0.3 is 10.8 Å². The van der Waals surface area contributed by atoms with Crippen LogP contribution in [0.5, 0.6) is 0 Å². The first-order valence-electron chi connectivity index (χ1n) is 4.27. The number of carbonyl (C=O) groups is 2. The Morgan fingerprint density at radius 3 is 2.80 bits per heavy atom. The van der Waals surface area contributed by atoms with Crippen molar-refractivity contribution in [2.24, 2.45) is 5.73 Å². The van der Waals surface area contributed by atoms with Gasteiger partial charge in [-0.15, -0.1) is 0 Å². The summed E-state index contributed by atoms with van der Waals surface area (Å²) in [4.78, 5) is 20.9. The molecule has 1 rings (SSSR count). The number of benzene rings is 1. The molecule has 0 aliphatic rings. The van der Waals surface area contributed by atoms with E-state index in [0.29, 0.717) is 6.29 Å². The maximum Gasteiger partial charge on any atom is 0.320 e. The van der Waals surface area contributed by atoms with Crippen LogP contribution in [0.2, 0.25) is 0 Å². The largest absolute Gasteiger partial charge is 0.480 e. The Bertz CT molecular complexity index is 392. The van der Waals surface area contributed by atoms with Gasteiger partial charge in [0.05, 0.1) is 5.56 Å². The number of rotatable bonds is 4. The van der Waals surface area contributed by atoms with Crippen LogP contribution < -0.4 is 5.73 Å². The minimum absolute atomic E-state index is 0.0925. The zero-order chi connectivity index (χ0) is 11.4. The first-order chi connectivity index (χ1) is 7.06. The molecule has 1 aromatic carbocycles. The van der Waals surface area contributed by atoms with Gasteiger partial charge in [0.1, 0.15) is 11.9 Å². The van der Waals surface area contributed by atoms with E-state index in [2.05, 4.69) is 0 Å². The van der Waals surface area contributed by atoms with Gasteiger partial charge in [0.15, 0.2) is 6.29 Å². The molecule has 0 aromatic heterocycles. The number of aldehydes is 1. The quantitative estimate of drug-likeness (QED) is 0.713. The molecule has 3 N–H and O–H groups in total. The zero-order valence-corrected chi connectivity index (χ0v) is 7.81. The zero-order valence-electron chi connectivity index (χ0n) is 7.81. The Labute approximate surface area is 85.5 Å². The first kappa shape index (κ1) is 11.3. The van der Waals surface area contributed by atoms with Crippen molar-refractivity contribution in [3.05, 3.63) is 35.1 Å². The average molecular weight is 210 g/mol. The van der Waals surface area contributed by atoms with Crippen LogP contribution in [0.1, 0.15) is 15.9 Å². The van der Waals surface area contributed by atoms with Gasteiger partial charge in [0.25, 0.3) is 0 Å². The molecule has 0 spiro atoms. The van der Waals surface area contributed by atoms with Crippen LogP contribution in [0, 0.1) is 5.82 Å². The molecule has 0 unspecified atom stereocenters. The van der Waals surface area contributed by atoms with Crippen molar-refractivity contribution >= 4 is 12.3 Å². The second-order valence-electron chi connectivity index (χ2n) is 3.09. The smallest absolute Gasteiger partial charge is 0.320 e. The van der Waals surface area contributed by atoms with Gasteiger partial charge in [-0.05, 0) is 11.6 Å². The van der Waals surface area contributed by atoms with Crippen LogP contribution in [-0.2, 0) is 11.2 Å². The molecule has 80 valence electrons. The lowest BCUT2D eigenvalue weighted by Gasteiger charge is -2.08. The Morgan fingerprint density at radius 2 is 2.27 bits per heavy atom. The van der Waals surface area contributed by atoms with Crippen molar-refractivity contribution in [1.82, 2.24) is 0 Å². The molecule has 4 nitrogen and oxygen atoms in total. The minimum atomic E-state index is -1.20. The van der Waals surface area contributed by atoms with Crippen molar-refractivity contribution in [1.29, 1.82) is 0 Å². The lowest BCUT2D eigenvalue weighted by atomic mass is 10.0.